The molecule has 0 radical (unpaired) electrons. The Balaban J connectivity index is 0.885. The Labute approximate surface area is 513 Å². The number of carbonyl (C=O) groups excluding carboxylic acids is 2. The molecular formula is C77H82O2S4. The summed E-state index contributed by atoms with van der Waals surface area (Å²) < 4.78 is 0. The highest BCUT2D eigenvalue weighted by Gasteiger charge is 2.38. The second-order valence-corrected chi connectivity index (χ2v) is 29.5. The van der Waals surface area contributed by atoms with Crippen molar-refractivity contribution in [1.29, 1.82) is 0 Å². The molecule has 8 aromatic carbocycles. The van der Waals surface area contributed by atoms with E-state index in [1.807, 2.05) is 0 Å². The molecule has 0 spiro atoms. The van der Waals surface area contributed by atoms with E-state index in [0.717, 1.165) is 51.0 Å². The van der Waals surface area contributed by atoms with Crippen molar-refractivity contribution in [3.05, 3.63) is 214 Å². The van der Waals surface area contributed by atoms with Gasteiger partial charge in [-0.2, -0.15) is 0 Å². The van der Waals surface area contributed by atoms with Crippen LogP contribution in [0.2, 0.25) is 0 Å². The van der Waals surface area contributed by atoms with Crippen LogP contribution in [-0.2, 0) is 5.41 Å². The molecular weight excluding hydrogens is 1090 g/mol. The molecule has 8 aromatic rings. The number of fused-ring (bicyclic) bond motifs is 2. The van der Waals surface area contributed by atoms with Gasteiger partial charge in [0.1, 0.15) is 0 Å². The maximum atomic E-state index is 16.0. The van der Waals surface area contributed by atoms with E-state index in [-0.39, 0.29) is 17.0 Å². The Morgan fingerprint density at radius 1 is 0.361 bits per heavy atom. The third-order valence-electron chi connectivity index (χ3n) is 18.1. The van der Waals surface area contributed by atoms with Crippen LogP contribution in [0.1, 0.15) is 203 Å². The van der Waals surface area contributed by atoms with Crippen LogP contribution in [0.15, 0.2) is 209 Å². The Morgan fingerprint density at radius 2 is 0.651 bits per heavy atom. The summed E-state index contributed by atoms with van der Waals surface area (Å²) >= 11 is 6.26. The Hall–Kier alpha value is -5.50. The van der Waals surface area contributed by atoms with E-state index in [1.54, 1.807) is 47.0 Å². The number of carbonyl (C=O) groups is 2. The van der Waals surface area contributed by atoms with Gasteiger partial charge in [0.05, 0.1) is 0 Å². The maximum absolute atomic E-state index is 16.0. The van der Waals surface area contributed by atoms with E-state index in [9.17, 15) is 0 Å². The minimum Gasteiger partial charge on any atom is -0.288 e. The van der Waals surface area contributed by atoms with E-state index in [2.05, 4.69) is 211 Å². The lowest BCUT2D eigenvalue weighted by Gasteiger charge is -2.29. The quantitative estimate of drug-likeness (QED) is 0.0708. The fourth-order valence-corrected chi connectivity index (χ4v) is 16.9. The minimum absolute atomic E-state index is 0.00406. The van der Waals surface area contributed by atoms with Gasteiger partial charge in [-0.15, -0.1) is 0 Å². The summed E-state index contributed by atoms with van der Waals surface area (Å²) in [6.45, 7) is 13.4. The molecule has 11 rings (SSSR count). The van der Waals surface area contributed by atoms with Crippen LogP contribution < -0.4 is 0 Å². The van der Waals surface area contributed by atoms with Gasteiger partial charge in [0.15, 0.2) is 11.6 Å². The van der Waals surface area contributed by atoms with Crippen molar-refractivity contribution in [3.8, 4) is 22.3 Å². The van der Waals surface area contributed by atoms with Gasteiger partial charge in [0.2, 0.25) is 0 Å². The Bertz CT molecular complexity index is 3480. The third kappa shape index (κ3) is 14.3. The van der Waals surface area contributed by atoms with Crippen molar-refractivity contribution in [2.45, 2.75) is 201 Å². The highest BCUT2D eigenvalue weighted by Crippen LogP contribution is 2.49. The SMILES string of the molecule is CCCCCC1CCC(c2ccc(-c3ccc(Sc4ccc(Sc5ccc(C)cc5)c5c4C(=O)c4c(Sc6ccc(-c7ccc(C8CCC(CCCCC)CC8)cc7)cc6)ccc(Sc6ccc(C(C)(C)C)cc6)c4C5=O)cc3)cc2)CC1. The molecule has 0 aromatic heterocycles. The molecule has 0 unspecified atom stereocenters. The van der Waals surface area contributed by atoms with Crippen molar-refractivity contribution in [2.75, 3.05) is 0 Å². The summed E-state index contributed by atoms with van der Waals surface area (Å²) in [6, 6.07) is 61.4. The second kappa shape index (κ2) is 27.3. The molecule has 0 bridgehead atoms. The molecule has 2 nitrogen and oxygen atoms in total. The topological polar surface area (TPSA) is 34.1 Å². The fraction of sp³-hybridized carbons (Fsp3) is 0.351. The predicted molar refractivity (Wildman–Crippen MR) is 354 cm³/mol. The van der Waals surface area contributed by atoms with Crippen LogP contribution in [0.3, 0.4) is 0 Å². The number of benzene rings is 8. The van der Waals surface area contributed by atoms with Crippen molar-refractivity contribution >= 4 is 58.6 Å². The van der Waals surface area contributed by atoms with Crippen LogP contribution in [0.5, 0.6) is 0 Å². The molecule has 0 amide bonds. The lowest BCUT2D eigenvalue weighted by molar-refractivity contribution is 0.0970. The zero-order valence-electron chi connectivity index (χ0n) is 49.7. The molecule has 0 heterocycles. The molecule has 2 fully saturated rings. The summed E-state index contributed by atoms with van der Waals surface area (Å²) in [5, 5.41) is 0. The first-order valence-corrected chi connectivity index (χ1v) is 34.4. The lowest BCUT2D eigenvalue weighted by atomic mass is 9.77. The van der Waals surface area contributed by atoms with Gasteiger partial charge < -0.3 is 0 Å². The standard InChI is InChI=1S/C77H82O2S4/c1-7-9-11-13-52-17-21-54(22-18-52)56-25-29-58(30-26-56)60-33-41-64(42-34-60)81-68-48-47-67(80-63-39-15-51(3)16-40-63)71-72(68)76(79)73-69(49-50-70(74(73)75(71)78)83-66-45-37-62(38-46-66)77(4,5)6)82-65-43-35-61(36-44-65)59-31-27-57(28-32-59)55-23-19-53(20-24-55)14-12-10-8-2/h15-16,25-50,52-55H,7-14,17-24H2,1-6H3. The zero-order chi connectivity index (χ0) is 57.5. The maximum Gasteiger partial charge on any atom is 0.196 e. The van der Waals surface area contributed by atoms with E-state index >= 15 is 9.59 Å². The average Bonchev–Trinajstić information content (AvgIpc) is 3.34. The first kappa shape index (κ1) is 59.2. The van der Waals surface area contributed by atoms with Crippen molar-refractivity contribution in [2.24, 2.45) is 11.8 Å². The van der Waals surface area contributed by atoms with Gasteiger partial charge in [0, 0.05) is 61.4 Å². The van der Waals surface area contributed by atoms with E-state index in [4.69, 9.17) is 0 Å². The number of rotatable bonds is 20. The van der Waals surface area contributed by atoms with Crippen LogP contribution in [-0.4, -0.2) is 11.6 Å². The molecule has 6 heteroatoms. The van der Waals surface area contributed by atoms with Crippen molar-refractivity contribution in [3.63, 3.8) is 0 Å². The molecule has 3 aliphatic carbocycles. The van der Waals surface area contributed by atoms with Crippen molar-refractivity contribution in [1.82, 2.24) is 0 Å². The van der Waals surface area contributed by atoms with E-state index in [1.165, 1.54) is 147 Å². The van der Waals surface area contributed by atoms with Gasteiger partial charge in [-0.05, 0) is 199 Å². The zero-order valence-corrected chi connectivity index (χ0v) is 53.0. The smallest absolute Gasteiger partial charge is 0.196 e. The van der Waals surface area contributed by atoms with Gasteiger partial charge in [-0.25, -0.2) is 0 Å². The van der Waals surface area contributed by atoms with Crippen LogP contribution in [0, 0.1) is 18.8 Å². The first-order valence-electron chi connectivity index (χ1n) is 31.1. The molecule has 3 aliphatic rings. The minimum atomic E-state index is -0.111. The molecule has 0 saturated heterocycles. The number of ketones is 2. The fourth-order valence-electron chi connectivity index (χ4n) is 13.0. The van der Waals surface area contributed by atoms with E-state index < -0.39 is 0 Å². The Morgan fingerprint density at radius 3 is 0.952 bits per heavy atom. The van der Waals surface area contributed by atoms with Gasteiger partial charge in [-0.1, -0.05) is 236 Å². The monoisotopic (exact) mass is 1170 g/mol. The van der Waals surface area contributed by atoms with Gasteiger partial charge >= 0.3 is 0 Å². The molecule has 0 aliphatic heterocycles. The molecule has 0 atom stereocenters. The van der Waals surface area contributed by atoms with Crippen LogP contribution in [0.25, 0.3) is 22.3 Å². The van der Waals surface area contributed by atoms with Gasteiger partial charge in [0.25, 0.3) is 0 Å². The number of aryl methyl sites for hydroxylation is 1. The predicted octanol–water partition coefficient (Wildman–Crippen LogP) is 23.7. The molecule has 2 saturated carbocycles. The van der Waals surface area contributed by atoms with Gasteiger partial charge in [-0.3, -0.25) is 9.59 Å². The molecule has 83 heavy (non-hydrogen) atoms. The summed E-state index contributed by atoms with van der Waals surface area (Å²) in [6.07, 6.45) is 21.5. The number of hydrogen-bond acceptors (Lipinski definition) is 6. The summed E-state index contributed by atoms with van der Waals surface area (Å²) in [5.74, 6) is 2.90. The normalized spacial score (nSPS) is 18.0. The number of unbranched alkanes of at least 4 members (excludes halogenated alkanes) is 4. The summed E-state index contributed by atoms with van der Waals surface area (Å²) in [5.41, 5.74) is 12.0. The Kier molecular flexibility index (Phi) is 19.4. The van der Waals surface area contributed by atoms with Crippen LogP contribution in [0.4, 0.5) is 0 Å². The third-order valence-corrected chi connectivity index (χ3v) is 22.4. The summed E-state index contributed by atoms with van der Waals surface area (Å²) in [4.78, 5) is 39.1. The average molecular weight is 1170 g/mol. The van der Waals surface area contributed by atoms with Crippen LogP contribution >= 0.6 is 47.0 Å². The highest BCUT2D eigenvalue weighted by molar-refractivity contribution is 8.00. The van der Waals surface area contributed by atoms with Crippen molar-refractivity contribution < 1.29 is 9.59 Å². The highest BCUT2D eigenvalue weighted by atomic mass is 32.2. The summed E-state index contributed by atoms with van der Waals surface area (Å²) in [7, 11) is 0. The molecule has 426 valence electrons. The molecule has 0 N–H and O–H groups in total. The first-order chi connectivity index (χ1) is 40.4. The second-order valence-electron chi connectivity index (χ2n) is 25.0. The number of hydrogen-bond donors (Lipinski definition) is 0. The van der Waals surface area contributed by atoms with E-state index in [0.29, 0.717) is 34.1 Å². The largest absolute Gasteiger partial charge is 0.288 e. The lowest BCUT2D eigenvalue weighted by Crippen LogP contribution is -2.24.